The molecule has 0 aliphatic carbocycles. The quantitative estimate of drug-likeness (QED) is 0.146. The minimum absolute atomic E-state index is 1.21. The van der Waals surface area contributed by atoms with Crippen LogP contribution in [0.25, 0.3) is 131 Å². The van der Waals surface area contributed by atoms with Crippen molar-refractivity contribution in [2.75, 3.05) is 0 Å². The minimum Gasteiger partial charge on any atom is -0.0622 e. The number of rotatable bonds is 6. The second-order valence-corrected chi connectivity index (χ2v) is 17.5. The summed E-state index contributed by atoms with van der Waals surface area (Å²) in [5.74, 6) is 0. The summed E-state index contributed by atoms with van der Waals surface area (Å²) >= 11 is 0. The van der Waals surface area contributed by atoms with Gasteiger partial charge in [-0.25, -0.2) is 0 Å². The molecule has 0 aliphatic rings. The number of fused-ring (bicyclic) bond motifs is 6. The zero-order valence-electron chi connectivity index (χ0n) is 36.2. The van der Waals surface area contributed by atoms with E-state index in [0.29, 0.717) is 0 Å². The van der Waals surface area contributed by atoms with Crippen LogP contribution < -0.4 is 0 Å². The van der Waals surface area contributed by atoms with Crippen molar-refractivity contribution in [3.63, 3.8) is 0 Å². The Bertz CT molecular complexity index is 3630. The maximum atomic E-state index is 2.37. The van der Waals surface area contributed by atoms with Crippen LogP contribution in [0.4, 0.5) is 0 Å². The Kier molecular flexibility index (Phi) is 8.96. The van der Waals surface area contributed by atoms with Gasteiger partial charge >= 0.3 is 0 Å². The molecule has 0 aliphatic heterocycles. The van der Waals surface area contributed by atoms with E-state index >= 15 is 0 Å². The van der Waals surface area contributed by atoms with Gasteiger partial charge in [-0.15, -0.1) is 0 Å². The van der Waals surface area contributed by atoms with Crippen molar-refractivity contribution in [2.45, 2.75) is 0 Å². The van der Waals surface area contributed by atoms with Gasteiger partial charge in [0.2, 0.25) is 0 Å². The first kappa shape index (κ1) is 37.9. The Morgan fingerprint density at radius 3 is 0.636 bits per heavy atom. The molecule has 0 spiro atoms. The Labute approximate surface area is 384 Å². The highest BCUT2D eigenvalue weighted by molar-refractivity contribution is 6.23. The molecule has 0 nitrogen and oxygen atoms in total. The van der Waals surface area contributed by atoms with Gasteiger partial charge in [-0.2, -0.15) is 0 Å². The first-order chi connectivity index (χ1) is 32.7. The molecule has 0 bridgehead atoms. The Morgan fingerprint density at radius 1 is 0.136 bits per heavy atom. The van der Waals surface area contributed by atoms with E-state index in [1.807, 2.05) is 0 Å². The fourth-order valence-electron chi connectivity index (χ4n) is 10.7. The zero-order valence-corrected chi connectivity index (χ0v) is 36.2. The highest BCUT2D eigenvalue weighted by atomic mass is 14.2. The van der Waals surface area contributed by atoms with Crippen LogP contribution in [0.15, 0.2) is 255 Å². The number of hydrogen-bond acceptors (Lipinski definition) is 0. The molecule has 66 heavy (non-hydrogen) atoms. The summed E-state index contributed by atoms with van der Waals surface area (Å²) in [5, 5.41) is 15.1. The maximum Gasteiger partial charge on any atom is -0.00262 e. The normalized spacial score (nSPS) is 11.6. The van der Waals surface area contributed by atoms with Crippen LogP contribution in [0, 0.1) is 0 Å². The molecule has 0 heterocycles. The minimum atomic E-state index is 1.21. The monoisotopic (exact) mass is 834 g/mol. The molecule has 306 valence electrons. The van der Waals surface area contributed by atoms with Crippen molar-refractivity contribution in [3.8, 4) is 66.8 Å². The molecule has 0 aromatic heterocycles. The molecule has 13 aromatic rings. The third-order valence-electron chi connectivity index (χ3n) is 13.8. The van der Waals surface area contributed by atoms with Crippen molar-refractivity contribution >= 4 is 64.6 Å². The van der Waals surface area contributed by atoms with E-state index in [4.69, 9.17) is 0 Å². The molecule has 0 saturated carbocycles. The van der Waals surface area contributed by atoms with Gasteiger partial charge in [0.25, 0.3) is 0 Å². The van der Waals surface area contributed by atoms with Crippen LogP contribution in [0.3, 0.4) is 0 Å². The van der Waals surface area contributed by atoms with Crippen LogP contribution in [0.1, 0.15) is 0 Å². The summed E-state index contributed by atoms with van der Waals surface area (Å²) in [5.41, 5.74) is 15.0. The van der Waals surface area contributed by atoms with Gasteiger partial charge in [0.15, 0.2) is 0 Å². The maximum absolute atomic E-state index is 2.37. The summed E-state index contributed by atoms with van der Waals surface area (Å²) in [4.78, 5) is 0. The van der Waals surface area contributed by atoms with E-state index in [1.54, 1.807) is 0 Å². The van der Waals surface area contributed by atoms with Gasteiger partial charge in [-0.3, -0.25) is 0 Å². The summed E-state index contributed by atoms with van der Waals surface area (Å²) in [6.45, 7) is 0. The lowest BCUT2D eigenvalue weighted by Gasteiger charge is -2.18. The van der Waals surface area contributed by atoms with E-state index in [0.717, 1.165) is 0 Å². The van der Waals surface area contributed by atoms with Crippen molar-refractivity contribution in [1.82, 2.24) is 0 Å². The van der Waals surface area contributed by atoms with E-state index in [-0.39, 0.29) is 0 Å². The Balaban J connectivity index is 0.819. The summed E-state index contributed by atoms with van der Waals surface area (Å²) in [6, 6.07) is 93.9. The summed E-state index contributed by atoms with van der Waals surface area (Å²) in [6.07, 6.45) is 0. The Morgan fingerprint density at radius 2 is 0.348 bits per heavy atom. The van der Waals surface area contributed by atoms with Crippen LogP contribution in [-0.2, 0) is 0 Å². The zero-order chi connectivity index (χ0) is 43.6. The lowest BCUT2D eigenvalue weighted by Crippen LogP contribution is -1.91. The van der Waals surface area contributed by atoms with Gasteiger partial charge in [0, 0.05) is 0 Å². The number of hydrogen-bond donors (Lipinski definition) is 0. The third-order valence-corrected chi connectivity index (χ3v) is 13.8. The summed E-state index contributed by atoms with van der Waals surface area (Å²) in [7, 11) is 0. The predicted octanol–water partition coefficient (Wildman–Crippen LogP) is 18.6. The molecule has 0 unspecified atom stereocenters. The first-order valence-electron chi connectivity index (χ1n) is 22.9. The lowest BCUT2D eigenvalue weighted by molar-refractivity contribution is 1.61. The smallest absolute Gasteiger partial charge is 0.00262 e. The van der Waals surface area contributed by atoms with Gasteiger partial charge in [0.05, 0.1) is 0 Å². The average Bonchev–Trinajstić information content (AvgIpc) is 3.39. The largest absolute Gasteiger partial charge is 0.0622 e. The van der Waals surface area contributed by atoms with Gasteiger partial charge in [-0.1, -0.05) is 231 Å². The number of benzene rings is 13. The predicted molar refractivity (Wildman–Crippen MR) is 284 cm³/mol. The summed E-state index contributed by atoms with van der Waals surface area (Å²) < 4.78 is 0. The van der Waals surface area contributed by atoms with Gasteiger partial charge < -0.3 is 0 Å². The molecule has 0 N–H and O–H groups in total. The second-order valence-electron chi connectivity index (χ2n) is 17.5. The highest BCUT2D eigenvalue weighted by Gasteiger charge is 2.19. The van der Waals surface area contributed by atoms with E-state index in [2.05, 4.69) is 255 Å². The molecule has 0 amide bonds. The lowest BCUT2D eigenvalue weighted by atomic mass is 9.85. The standard InChI is InChI=1S/C66H42/c1-3-15-45(16-4-1)63-55-19-7-11-23-59(55)65(60-24-12-8-20-56(60)63)53-37-35-49-39-47(31-33-51(49)41-53)43-27-29-44(30-28-43)48-32-34-52-42-54(38-36-50(52)40-48)66-61-25-13-9-21-57(61)64(46-17-5-2-6-18-46)58-22-10-14-26-62(58)66/h1-42H. The van der Waals surface area contributed by atoms with E-state index in [1.165, 1.54) is 131 Å². The van der Waals surface area contributed by atoms with Crippen molar-refractivity contribution in [3.05, 3.63) is 255 Å². The molecule has 0 fully saturated rings. The molecule has 0 radical (unpaired) electrons. The van der Waals surface area contributed by atoms with Crippen molar-refractivity contribution in [1.29, 1.82) is 0 Å². The second kappa shape index (κ2) is 15.6. The van der Waals surface area contributed by atoms with Crippen LogP contribution >= 0.6 is 0 Å². The van der Waals surface area contributed by atoms with E-state index in [9.17, 15) is 0 Å². The average molecular weight is 835 g/mol. The molecule has 0 heteroatoms. The molecule has 13 rings (SSSR count). The molecule has 0 saturated heterocycles. The molecular weight excluding hydrogens is 793 g/mol. The van der Waals surface area contributed by atoms with Gasteiger partial charge in [0.1, 0.15) is 0 Å². The topological polar surface area (TPSA) is 0 Å². The fraction of sp³-hybridized carbons (Fsp3) is 0. The third kappa shape index (κ3) is 6.30. The van der Waals surface area contributed by atoms with Crippen molar-refractivity contribution < 1.29 is 0 Å². The van der Waals surface area contributed by atoms with Crippen LogP contribution in [0.2, 0.25) is 0 Å². The fourth-order valence-corrected chi connectivity index (χ4v) is 10.7. The van der Waals surface area contributed by atoms with Gasteiger partial charge in [-0.05, 0) is 156 Å². The first-order valence-corrected chi connectivity index (χ1v) is 22.9. The molecule has 0 atom stereocenters. The molecular formula is C66H42. The highest BCUT2D eigenvalue weighted by Crippen LogP contribution is 2.46. The van der Waals surface area contributed by atoms with E-state index < -0.39 is 0 Å². The van der Waals surface area contributed by atoms with Crippen molar-refractivity contribution in [2.24, 2.45) is 0 Å². The van der Waals surface area contributed by atoms with Crippen LogP contribution in [0.5, 0.6) is 0 Å². The molecule has 13 aromatic carbocycles. The Hall–Kier alpha value is -8.58. The van der Waals surface area contributed by atoms with Crippen LogP contribution in [-0.4, -0.2) is 0 Å². The SMILES string of the molecule is c1ccc(-c2c3ccccc3c(-c3ccc4cc(-c5ccc(-c6ccc7cc(-c8c9ccccc9c(-c9ccccc9)c9ccccc89)ccc7c6)cc5)ccc4c3)c3ccccc23)cc1.